The van der Waals surface area contributed by atoms with Gasteiger partial charge in [0.25, 0.3) is 0 Å². The highest BCUT2D eigenvalue weighted by Gasteiger charge is 2.25. The van der Waals surface area contributed by atoms with E-state index in [0.29, 0.717) is 45.5 Å². The molecule has 0 fully saturated rings. The van der Waals surface area contributed by atoms with Crippen LogP contribution in [0.5, 0.6) is 23.0 Å². The third-order valence-electron chi connectivity index (χ3n) is 7.03. The lowest BCUT2D eigenvalue weighted by atomic mass is 10.1. The predicted octanol–water partition coefficient (Wildman–Crippen LogP) is 7.37. The normalized spacial score (nSPS) is 15.3. The number of hydrogen-bond acceptors (Lipinski definition) is 8. The SMILES string of the molecule is COc1cccc(/C=C2/C=C(c3cc(OC)ccc3OC)OC2=O)c1.COc1ccccc1C1=C/C(=C/c2ccccc2)C(=O)O1. The van der Waals surface area contributed by atoms with Gasteiger partial charge in [-0.3, -0.25) is 0 Å². The zero-order chi connectivity index (χ0) is 32.5. The smallest absolute Gasteiger partial charge is 0.343 e. The molecule has 4 aromatic rings. The molecule has 0 amide bonds. The molecule has 46 heavy (non-hydrogen) atoms. The zero-order valence-corrected chi connectivity index (χ0v) is 25.8. The van der Waals surface area contributed by atoms with Crippen molar-refractivity contribution in [1.29, 1.82) is 0 Å². The number of methoxy groups -OCH3 is 4. The minimum Gasteiger partial charge on any atom is -0.497 e. The number of ether oxygens (including phenoxy) is 6. The van der Waals surface area contributed by atoms with Crippen molar-refractivity contribution in [3.63, 3.8) is 0 Å². The summed E-state index contributed by atoms with van der Waals surface area (Å²) in [7, 11) is 6.34. The van der Waals surface area contributed by atoms with Crippen LogP contribution in [-0.2, 0) is 19.1 Å². The first-order chi connectivity index (χ1) is 22.4. The number of carbonyl (C=O) groups is 2. The molecule has 6 rings (SSSR count). The molecule has 0 saturated carbocycles. The molecular formula is C38H32O8. The van der Waals surface area contributed by atoms with Gasteiger partial charge in [0.05, 0.1) is 50.7 Å². The summed E-state index contributed by atoms with van der Waals surface area (Å²) in [5, 5.41) is 0. The van der Waals surface area contributed by atoms with Gasteiger partial charge in [0, 0.05) is 0 Å². The number of esters is 2. The molecule has 2 heterocycles. The van der Waals surface area contributed by atoms with Gasteiger partial charge < -0.3 is 28.4 Å². The lowest BCUT2D eigenvalue weighted by Gasteiger charge is -2.10. The Balaban J connectivity index is 0.000000184. The summed E-state index contributed by atoms with van der Waals surface area (Å²) in [4.78, 5) is 24.2. The van der Waals surface area contributed by atoms with Gasteiger partial charge >= 0.3 is 11.9 Å². The van der Waals surface area contributed by atoms with Gasteiger partial charge in [0.1, 0.15) is 34.5 Å². The van der Waals surface area contributed by atoms with Gasteiger partial charge in [-0.15, -0.1) is 0 Å². The molecule has 0 aromatic heterocycles. The molecular weight excluding hydrogens is 584 g/mol. The van der Waals surface area contributed by atoms with Gasteiger partial charge in [0.15, 0.2) is 0 Å². The minimum atomic E-state index is -0.414. The molecule has 8 nitrogen and oxygen atoms in total. The maximum atomic E-state index is 12.2. The first kappa shape index (κ1) is 31.4. The lowest BCUT2D eigenvalue weighted by Crippen LogP contribution is -1.99. The standard InChI is InChI=1S/C20H18O5.C18H14O3/c1-22-15-6-4-5-13(10-15)9-14-11-19(25-20(14)21)17-12-16(23-2)7-8-18(17)24-3;1-20-16-10-6-5-9-15(16)17-12-14(18(19)21-17)11-13-7-3-2-4-8-13/h4-12H,1-3H3;2-12H,1H3/b14-9-;14-11-. The lowest BCUT2D eigenvalue weighted by molar-refractivity contribution is -0.131. The number of hydrogen-bond donors (Lipinski definition) is 0. The molecule has 0 saturated heterocycles. The Kier molecular flexibility index (Phi) is 9.99. The first-order valence-corrected chi connectivity index (χ1v) is 14.3. The average molecular weight is 617 g/mol. The second-order valence-corrected chi connectivity index (χ2v) is 9.95. The quantitative estimate of drug-likeness (QED) is 0.150. The van der Waals surface area contributed by atoms with E-state index in [4.69, 9.17) is 28.4 Å². The van der Waals surface area contributed by atoms with E-state index in [9.17, 15) is 9.59 Å². The number of carbonyl (C=O) groups excluding carboxylic acids is 2. The summed E-state index contributed by atoms with van der Waals surface area (Å²) >= 11 is 0. The van der Waals surface area contributed by atoms with Crippen molar-refractivity contribution in [2.75, 3.05) is 28.4 Å². The largest absolute Gasteiger partial charge is 0.497 e. The fourth-order valence-electron chi connectivity index (χ4n) is 4.74. The van der Waals surface area contributed by atoms with Crippen LogP contribution >= 0.6 is 0 Å². The number of para-hydroxylation sites is 1. The fraction of sp³-hybridized carbons (Fsp3) is 0.105. The van der Waals surface area contributed by atoms with E-state index in [1.807, 2.05) is 84.9 Å². The summed E-state index contributed by atoms with van der Waals surface area (Å²) in [5.41, 5.74) is 4.22. The van der Waals surface area contributed by atoms with Crippen LogP contribution in [0.1, 0.15) is 22.3 Å². The van der Waals surface area contributed by atoms with Crippen molar-refractivity contribution in [2.45, 2.75) is 0 Å². The van der Waals surface area contributed by atoms with Crippen molar-refractivity contribution < 1.29 is 38.0 Å². The maximum absolute atomic E-state index is 12.2. The molecule has 2 aliphatic heterocycles. The van der Waals surface area contributed by atoms with E-state index in [0.717, 1.165) is 22.4 Å². The second kappa shape index (κ2) is 14.6. The van der Waals surface area contributed by atoms with Gasteiger partial charge in [-0.25, -0.2) is 9.59 Å². The highest BCUT2D eigenvalue weighted by Crippen LogP contribution is 2.36. The van der Waals surface area contributed by atoms with E-state index in [-0.39, 0.29) is 5.97 Å². The number of rotatable bonds is 8. The second-order valence-electron chi connectivity index (χ2n) is 9.95. The van der Waals surface area contributed by atoms with Gasteiger partial charge in [0.2, 0.25) is 0 Å². The Bertz CT molecular complexity index is 1860. The van der Waals surface area contributed by atoms with Gasteiger partial charge in [-0.1, -0.05) is 54.6 Å². The third kappa shape index (κ3) is 7.36. The molecule has 0 radical (unpaired) electrons. The van der Waals surface area contributed by atoms with Crippen molar-refractivity contribution in [3.8, 4) is 23.0 Å². The molecule has 0 N–H and O–H groups in total. The Labute approximate surface area is 267 Å². The third-order valence-corrected chi connectivity index (χ3v) is 7.03. The zero-order valence-electron chi connectivity index (χ0n) is 25.8. The van der Waals surface area contributed by atoms with Crippen LogP contribution in [0.3, 0.4) is 0 Å². The Morgan fingerprint density at radius 1 is 0.500 bits per heavy atom. The van der Waals surface area contributed by atoms with Crippen LogP contribution in [0, 0.1) is 0 Å². The summed E-state index contributed by atoms with van der Waals surface area (Å²) in [6.07, 6.45) is 7.00. The highest BCUT2D eigenvalue weighted by molar-refractivity contribution is 6.06. The Morgan fingerprint density at radius 2 is 1.04 bits per heavy atom. The van der Waals surface area contributed by atoms with Crippen molar-refractivity contribution in [3.05, 3.63) is 143 Å². The molecule has 232 valence electrons. The molecule has 0 atom stereocenters. The summed E-state index contributed by atoms with van der Waals surface area (Å²) < 4.78 is 31.9. The van der Waals surface area contributed by atoms with Crippen molar-refractivity contribution in [1.82, 2.24) is 0 Å². The molecule has 0 unspecified atom stereocenters. The van der Waals surface area contributed by atoms with Crippen LogP contribution in [0.2, 0.25) is 0 Å². The van der Waals surface area contributed by atoms with Crippen LogP contribution in [0.15, 0.2) is 120 Å². The summed E-state index contributed by atoms with van der Waals surface area (Å²) in [6.45, 7) is 0. The van der Waals surface area contributed by atoms with Crippen LogP contribution in [-0.4, -0.2) is 40.4 Å². The maximum Gasteiger partial charge on any atom is 0.343 e. The summed E-state index contributed by atoms with van der Waals surface area (Å²) in [6, 6.07) is 29.9. The van der Waals surface area contributed by atoms with Crippen molar-refractivity contribution >= 4 is 35.6 Å². The van der Waals surface area contributed by atoms with Gasteiger partial charge in [-0.2, -0.15) is 0 Å². The van der Waals surface area contributed by atoms with E-state index in [1.165, 1.54) is 0 Å². The Hall–Kier alpha value is -6.02. The molecule has 0 spiro atoms. The van der Waals surface area contributed by atoms with Gasteiger partial charge in [-0.05, 0) is 77.9 Å². The number of cyclic esters (lactones) is 2. The number of benzene rings is 4. The summed E-state index contributed by atoms with van der Waals surface area (Å²) in [5.74, 6) is 2.83. The van der Waals surface area contributed by atoms with Crippen LogP contribution in [0.25, 0.3) is 23.7 Å². The highest BCUT2D eigenvalue weighted by atomic mass is 16.5. The molecule has 8 heteroatoms. The predicted molar refractivity (Wildman–Crippen MR) is 176 cm³/mol. The van der Waals surface area contributed by atoms with E-state index in [1.54, 1.807) is 64.9 Å². The molecule has 4 aromatic carbocycles. The fourth-order valence-corrected chi connectivity index (χ4v) is 4.74. The van der Waals surface area contributed by atoms with E-state index < -0.39 is 5.97 Å². The molecule has 0 bridgehead atoms. The monoisotopic (exact) mass is 616 g/mol. The minimum absolute atomic E-state index is 0.347. The van der Waals surface area contributed by atoms with Crippen molar-refractivity contribution in [2.24, 2.45) is 0 Å². The molecule has 2 aliphatic rings. The average Bonchev–Trinajstić information content (AvgIpc) is 3.65. The van der Waals surface area contributed by atoms with Crippen LogP contribution < -0.4 is 18.9 Å². The van der Waals surface area contributed by atoms with E-state index >= 15 is 0 Å². The Morgan fingerprint density at radius 3 is 1.70 bits per heavy atom. The van der Waals surface area contributed by atoms with E-state index in [2.05, 4.69) is 0 Å². The topological polar surface area (TPSA) is 89.5 Å². The first-order valence-electron chi connectivity index (χ1n) is 14.3. The van der Waals surface area contributed by atoms with Crippen LogP contribution in [0.4, 0.5) is 0 Å². The molecule has 0 aliphatic carbocycles.